The third-order valence-electron chi connectivity index (χ3n) is 7.30. The third kappa shape index (κ3) is 11.9. The van der Waals surface area contributed by atoms with Crippen LogP contribution in [-0.2, 0) is 37.5 Å². The van der Waals surface area contributed by atoms with Gasteiger partial charge in [-0.15, -0.1) is 0 Å². The number of carbonyl (C=O) groups excluding carboxylic acids is 1. The Labute approximate surface area is 258 Å². The molecule has 0 heterocycles. The first-order chi connectivity index (χ1) is 20.7. The number of para-hydroxylation sites is 1. The Bertz CT molecular complexity index is 1330. The summed E-state index contributed by atoms with van der Waals surface area (Å²) in [7, 11) is -3.83. The number of anilines is 1. The molecule has 3 rings (SSSR count). The van der Waals surface area contributed by atoms with E-state index in [0.717, 1.165) is 30.4 Å². The number of ether oxygens (including phenoxy) is 2. The van der Waals surface area contributed by atoms with Crippen molar-refractivity contribution in [1.82, 2.24) is 4.72 Å². The van der Waals surface area contributed by atoms with Crippen molar-refractivity contribution < 1.29 is 22.7 Å². The summed E-state index contributed by atoms with van der Waals surface area (Å²) in [6, 6.07) is 26.0. The van der Waals surface area contributed by atoms with Crippen LogP contribution in [0.1, 0.15) is 76.8 Å². The van der Waals surface area contributed by atoms with Gasteiger partial charge >= 0.3 is 0 Å². The van der Waals surface area contributed by atoms with Gasteiger partial charge in [0.25, 0.3) is 5.91 Å². The highest BCUT2D eigenvalue weighted by atomic mass is 32.2. The molecule has 0 aliphatic heterocycles. The Balaban J connectivity index is 1.68. The van der Waals surface area contributed by atoms with E-state index < -0.39 is 27.4 Å². The van der Waals surface area contributed by atoms with Crippen LogP contribution in [-0.4, -0.2) is 33.6 Å². The zero-order valence-electron chi connectivity index (χ0n) is 25.9. The fourth-order valence-electron chi connectivity index (χ4n) is 4.86. The van der Waals surface area contributed by atoms with Gasteiger partial charge in [0.1, 0.15) is 11.0 Å². The SMILES string of the molecule is CCCCCCCCCNS(=O)(=O)c1ccccc1NC(=O)C(OCc1ccccc1)C(C)(C)COCc1ccccc1. The predicted octanol–water partition coefficient (Wildman–Crippen LogP) is 7.48. The molecule has 234 valence electrons. The topological polar surface area (TPSA) is 93.7 Å². The van der Waals surface area contributed by atoms with Crippen molar-refractivity contribution in [3.8, 4) is 0 Å². The molecule has 1 atom stereocenters. The molecule has 1 unspecified atom stereocenters. The van der Waals surface area contributed by atoms with Crippen LogP contribution >= 0.6 is 0 Å². The molecule has 2 N–H and O–H groups in total. The Morgan fingerprint density at radius 2 is 1.33 bits per heavy atom. The second-order valence-corrected chi connectivity index (χ2v) is 13.4. The van der Waals surface area contributed by atoms with Gasteiger partial charge in [-0.25, -0.2) is 13.1 Å². The highest BCUT2D eigenvalue weighted by molar-refractivity contribution is 7.89. The fourth-order valence-corrected chi connectivity index (χ4v) is 6.10. The number of rotatable bonds is 20. The highest BCUT2D eigenvalue weighted by Crippen LogP contribution is 2.29. The Kier molecular flexibility index (Phi) is 14.4. The van der Waals surface area contributed by atoms with Crippen LogP contribution in [0.2, 0.25) is 0 Å². The van der Waals surface area contributed by atoms with E-state index in [0.29, 0.717) is 13.2 Å². The van der Waals surface area contributed by atoms with Crippen molar-refractivity contribution in [2.75, 3.05) is 18.5 Å². The van der Waals surface area contributed by atoms with Gasteiger partial charge in [-0.2, -0.15) is 0 Å². The van der Waals surface area contributed by atoms with Gasteiger partial charge in [0.2, 0.25) is 10.0 Å². The summed E-state index contributed by atoms with van der Waals surface area (Å²) < 4.78 is 41.5. The van der Waals surface area contributed by atoms with Crippen molar-refractivity contribution in [2.45, 2.75) is 89.9 Å². The lowest BCUT2D eigenvalue weighted by atomic mass is 9.86. The minimum atomic E-state index is -3.83. The summed E-state index contributed by atoms with van der Waals surface area (Å²) in [6.45, 7) is 7.26. The average molecular weight is 609 g/mol. The standard InChI is InChI=1S/C35H48N2O5S/c1-4-5-6-7-8-9-18-25-36-43(39,40)32-24-17-16-23-31(32)37-34(38)33(42-27-30-21-14-11-15-22-30)35(2,3)28-41-26-29-19-12-10-13-20-29/h10-17,19-24,33,36H,4-9,18,25-28H2,1-3H3,(H,37,38). The number of amides is 1. The zero-order chi connectivity index (χ0) is 31.0. The fraction of sp³-hybridized carbons (Fsp3) is 0.457. The molecule has 1 amide bonds. The summed E-state index contributed by atoms with van der Waals surface area (Å²) in [5.74, 6) is -0.432. The Morgan fingerprint density at radius 3 is 1.98 bits per heavy atom. The van der Waals surface area contributed by atoms with Crippen LogP contribution in [0.3, 0.4) is 0 Å². The summed E-state index contributed by atoms with van der Waals surface area (Å²) in [5.41, 5.74) is 1.46. The third-order valence-corrected chi connectivity index (χ3v) is 8.82. The molecule has 0 fully saturated rings. The smallest absolute Gasteiger partial charge is 0.254 e. The number of nitrogens with one attached hydrogen (secondary N) is 2. The van der Waals surface area contributed by atoms with E-state index in [-0.39, 0.29) is 23.8 Å². The first kappa shape index (κ1) is 34.5. The second-order valence-electron chi connectivity index (χ2n) is 11.6. The number of unbranched alkanes of at least 4 members (excludes halogenated alkanes) is 6. The van der Waals surface area contributed by atoms with Gasteiger partial charge in [0, 0.05) is 12.0 Å². The van der Waals surface area contributed by atoms with Crippen molar-refractivity contribution >= 4 is 21.6 Å². The Morgan fingerprint density at radius 1 is 0.767 bits per heavy atom. The monoisotopic (exact) mass is 608 g/mol. The number of sulfonamides is 1. The van der Waals surface area contributed by atoms with Crippen LogP contribution < -0.4 is 10.0 Å². The summed E-state index contributed by atoms with van der Waals surface area (Å²) in [4.78, 5) is 13.8. The Hall–Kier alpha value is -3.04. The molecule has 8 heteroatoms. The minimum Gasteiger partial charge on any atom is -0.376 e. The molecule has 0 saturated heterocycles. The van der Waals surface area contributed by atoms with Gasteiger partial charge < -0.3 is 14.8 Å². The minimum absolute atomic E-state index is 0.0336. The lowest BCUT2D eigenvalue weighted by molar-refractivity contribution is -0.141. The molecule has 0 bridgehead atoms. The predicted molar refractivity (Wildman–Crippen MR) is 173 cm³/mol. The molecule has 3 aromatic carbocycles. The van der Waals surface area contributed by atoms with Crippen LogP contribution in [0, 0.1) is 5.41 Å². The first-order valence-electron chi connectivity index (χ1n) is 15.4. The maximum Gasteiger partial charge on any atom is 0.254 e. The molecule has 7 nitrogen and oxygen atoms in total. The lowest BCUT2D eigenvalue weighted by Crippen LogP contribution is -2.45. The molecule has 3 aromatic rings. The number of hydrogen-bond donors (Lipinski definition) is 2. The molecular weight excluding hydrogens is 560 g/mol. The van der Waals surface area contributed by atoms with Crippen LogP contribution in [0.5, 0.6) is 0 Å². The van der Waals surface area contributed by atoms with Gasteiger partial charge in [0.15, 0.2) is 0 Å². The van der Waals surface area contributed by atoms with Crippen LogP contribution in [0.15, 0.2) is 89.8 Å². The van der Waals surface area contributed by atoms with E-state index in [1.54, 1.807) is 18.2 Å². The van der Waals surface area contributed by atoms with E-state index in [9.17, 15) is 13.2 Å². The van der Waals surface area contributed by atoms with Crippen LogP contribution in [0.25, 0.3) is 0 Å². The van der Waals surface area contributed by atoms with Gasteiger partial charge in [-0.05, 0) is 29.7 Å². The first-order valence-corrected chi connectivity index (χ1v) is 16.9. The van der Waals surface area contributed by atoms with Gasteiger partial charge in [0.05, 0.1) is 25.5 Å². The van der Waals surface area contributed by atoms with Gasteiger partial charge in [-0.3, -0.25) is 4.79 Å². The normalized spacial score (nSPS) is 12.6. The summed E-state index contributed by atoms with van der Waals surface area (Å²) in [5, 5.41) is 2.86. The molecule has 0 saturated carbocycles. The number of hydrogen-bond acceptors (Lipinski definition) is 5. The van der Waals surface area contributed by atoms with E-state index in [1.807, 2.05) is 74.5 Å². The molecule has 0 aliphatic rings. The summed E-state index contributed by atoms with van der Waals surface area (Å²) in [6.07, 6.45) is 6.78. The molecule has 0 spiro atoms. The van der Waals surface area contributed by atoms with Crippen molar-refractivity contribution in [3.05, 3.63) is 96.1 Å². The average Bonchev–Trinajstić information content (AvgIpc) is 2.99. The number of benzene rings is 3. The maximum absolute atomic E-state index is 13.8. The lowest BCUT2D eigenvalue weighted by Gasteiger charge is -2.33. The molecule has 0 aromatic heterocycles. The summed E-state index contributed by atoms with van der Waals surface area (Å²) >= 11 is 0. The molecule has 43 heavy (non-hydrogen) atoms. The molecule has 0 aliphatic carbocycles. The zero-order valence-corrected chi connectivity index (χ0v) is 26.7. The number of carbonyl (C=O) groups is 1. The quantitative estimate of drug-likeness (QED) is 0.130. The van der Waals surface area contributed by atoms with Crippen molar-refractivity contribution in [2.24, 2.45) is 5.41 Å². The molecular formula is C35H48N2O5S. The van der Waals surface area contributed by atoms with Crippen molar-refractivity contribution in [3.63, 3.8) is 0 Å². The van der Waals surface area contributed by atoms with Gasteiger partial charge in [-0.1, -0.05) is 132 Å². The van der Waals surface area contributed by atoms with E-state index in [4.69, 9.17) is 9.47 Å². The second kappa shape index (κ2) is 17.9. The van der Waals surface area contributed by atoms with E-state index in [1.165, 1.54) is 31.7 Å². The maximum atomic E-state index is 13.8. The highest BCUT2D eigenvalue weighted by Gasteiger charge is 2.37. The van der Waals surface area contributed by atoms with E-state index >= 15 is 0 Å². The van der Waals surface area contributed by atoms with Crippen LogP contribution in [0.4, 0.5) is 5.69 Å². The largest absolute Gasteiger partial charge is 0.376 e. The van der Waals surface area contributed by atoms with E-state index in [2.05, 4.69) is 17.0 Å². The molecule has 0 radical (unpaired) electrons. The van der Waals surface area contributed by atoms with Crippen molar-refractivity contribution in [1.29, 1.82) is 0 Å².